The van der Waals surface area contributed by atoms with Crippen LogP contribution in [0.5, 0.6) is 0 Å². The molecule has 4 radical (unpaired) electrons. The Labute approximate surface area is 914 Å². The number of hydrogen-bond acceptors (Lipinski definition) is 11. The van der Waals surface area contributed by atoms with Gasteiger partial charge in [-0.2, -0.15) is 0 Å². The second-order valence-corrected chi connectivity index (χ2v) is 34.2. The number of benzene rings is 12. The molecular formula is C128H106Ir4N8O3-8. The number of para-hydroxylation sites is 3. The van der Waals surface area contributed by atoms with Crippen molar-refractivity contribution >= 4 is 65.8 Å². The maximum absolute atomic E-state index is 7.50. The van der Waals surface area contributed by atoms with Crippen molar-refractivity contribution in [3.05, 3.63) is 493 Å². The topological polar surface area (TPSA) is 143 Å². The Morgan fingerprint density at radius 1 is 0.273 bits per heavy atom. The summed E-state index contributed by atoms with van der Waals surface area (Å²) >= 11 is 0. The Hall–Kier alpha value is -14.2. The molecule has 0 bridgehead atoms. The molecule has 0 N–H and O–H groups in total. The Morgan fingerprint density at radius 2 is 0.643 bits per heavy atom. The predicted octanol–water partition coefficient (Wildman–Crippen LogP) is 32.7. The zero-order valence-electron chi connectivity index (χ0n) is 94.4. The number of hydrogen-bond donors (Lipinski definition) is 0. The molecule has 0 fully saturated rings. The van der Waals surface area contributed by atoms with Gasteiger partial charge in [0.2, 0.25) is 0 Å². The maximum Gasteiger partial charge on any atom is 0.124 e. The molecule has 0 atom stereocenters. The van der Waals surface area contributed by atoms with Crippen molar-refractivity contribution in [2.24, 2.45) is 5.92 Å². The molecule has 23 rings (SSSR count). The van der Waals surface area contributed by atoms with Crippen LogP contribution in [-0.4, -0.2) is 39.9 Å². The van der Waals surface area contributed by atoms with Crippen LogP contribution >= 0.6 is 0 Å². The summed E-state index contributed by atoms with van der Waals surface area (Å²) in [5, 5.41) is 6.60. The molecule has 143 heavy (non-hydrogen) atoms. The Morgan fingerprint density at radius 3 is 1.07 bits per heavy atom. The largest absolute Gasteiger partial charge is 0.501 e. The van der Waals surface area contributed by atoms with Gasteiger partial charge in [0.15, 0.2) is 0 Å². The minimum atomic E-state index is -2.16. The van der Waals surface area contributed by atoms with Crippen molar-refractivity contribution in [3.8, 4) is 101 Å². The average Bonchev–Trinajstić information content (AvgIpc) is 1.61. The summed E-state index contributed by atoms with van der Waals surface area (Å²) in [5.74, 6) is 0.531. The van der Waals surface area contributed by atoms with Crippen LogP contribution in [0.3, 0.4) is 0 Å². The Balaban J connectivity index is 0.000000159. The van der Waals surface area contributed by atoms with Gasteiger partial charge in [-0.1, -0.05) is 242 Å². The van der Waals surface area contributed by atoms with Crippen molar-refractivity contribution in [3.63, 3.8) is 0 Å². The molecule has 0 aliphatic heterocycles. The normalized spacial score (nSPS) is 12.6. The van der Waals surface area contributed by atoms with Crippen LogP contribution < -0.4 is 0 Å². The first-order valence-corrected chi connectivity index (χ1v) is 45.3. The fraction of sp³-hybridized carbons (Fsp3) is 0.125. The first-order valence-electron chi connectivity index (χ1n) is 52.8. The molecule has 0 saturated heterocycles. The van der Waals surface area contributed by atoms with Crippen molar-refractivity contribution in [1.82, 2.24) is 39.9 Å². The Bertz CT molecular complexity index is 8240. The molecule has 0 unspecified atom stereocenters. The number of aromatic nitrogens is 8. The molecule has 0 amide bonds. The van der Waals surface area contributed by atoms with Gasteiger partial charge in [0, 0.05) is 167 Å². The third-order valence-corrected chi connectivity index (χ3v) is 22.3. The molecule has 23 aromatic rings. The van der Waals surface area contributed by atoms with Crippen LogP contribution in [0.4, 0.5) is 0 Å². The first kappa shape index (κ1) is 87.8. The molecule has 11 heterocycles. The van der Waals surface area contributed by atoms with Gasteiger partial charge >= 0.3 is 0 Å². The van der Waals surface area contributed by atoms with Crippen LogP contribution in [-0.2, 0) is 92.3 Å². The van der Waals surface area contributed by atoms with E-state index < -0.39 is 34.3 Å². The van der Waals surface area contributed by atoms with Crippen molar-refractivity contribution in [2.75, 3.05) is 0 Å². The van der Waals surface area contributed by atoms with Gasteiger partial charge < -0.3 is 53.1 Å². The standard InChI is InChI=1S/C22H20NO.C21H20N.C19H14NO.C18H12NO.4C12H10N.4Ir/c1-14(2)12-16-6-4-7-17-18-8-5-9-19(22(18)24-21(16)17)20-11-10-15(3)13-23-20;1-21(2,3)19-12-13-22-20(15-19)18-11-7-10-17(14-18)16-8-5-4-6-9-16;1-12-9-10-20-17(11-12)16-8-4-7-15-14-6-3-5-13(2)18(14)21-19(15)16;1-12-9-10-19-16(11-12)15-7-4-6-14-13-5-2-3-8-17(13)20-18(14)15;4*1-10-7-8-12(13-9-10)11-5-3-2-4-6-11;;;;/h4-8,10-11,13-14H,12H2,1-3H3;4-10,12-15H,1-3H3;3-7,9-11H,1-2H3;2-6,8-11H,1H3;4*2-5,7-9H,1H3;;;;/q8*-1;;;;/i3D3;;;;4*1D3;;;;. The quantitative estimate of drug-likeness (QED) is 0.114. The molecule has 0 aliphatic rings. The van der Waals surface area contributed by atoms with Crippen molar-refractivity contribution in [2.45, 2.75) is 101 Å². The fourth-order valence-corrected chi connectivity index (χ4v) is 15.4. The van der Waals surface area contributed by atoms with E-state index in [1.807, 2.05) is 164 Å². The van der Waals surface area contributed by atoms with E-state index in [4.69, 9.17) is 33.8 Å². The van der Waals surface area contributed by atoms with Crippen LogP contribution in [0, 0.1) is 109 Å². The van der Waals surface area contributed by atoms with E-state index in [-0.39, 0.29) is 114 Å². The van der Waals surface area contributed by atoms with Gasteiger partial charge in [0.1, 0.15) is 16.7 Å². The molecule has 0 aliphatic carbocycles. The monoisotopic (exact) mass is 2590 g/mol. The molecule has 15 heteroatoms. The molecule has 12 aromatic carbocycles. The molecule has 720 valence electrons. The van der Waals surface area contributed by atoms with Crippen molar-refractivity contribution < 1.29 is 114 Å². The summed E-state index contributed by atoms with van der Waals surface area (Å²) < 4.78 is 128. The third-order valence-electron chi connectivity index (χ3n) is 22.3. The SMILES string of the molecule is CC(C)(C)c1ccnc(-c2[c-]ccc(-c3ccccc3)c2)c1.Cc1ccnc(-c2[c-]ccc3c2oc2c(C)cccc23)c1.Cc1ccnc(-c2[c-]ccc3c2oc2ccccc23)c1.[2H]C([2H])([2H])c1ccc(-c2[c-]ccc3c2oc2c(CC(C)C)cccc23)nc1.[2H]C([2H])([2H])c1ccc(-c2[c-]cccc2)nc1.[2H]C([2H])([2H])c1ccc(-c2[c-]cccc2)nc1.[2H]C([2H])([2H])c1ccc(-c2[c-]cccc2)nc1.[2H]C([2H])([2H])c1ccc(-c2[c-]cccc2)nc1.[Ir].[Ir].[Ir].[Ir]. The van der Waals surface area contributed by atoms with E-state index in [1.54, 1.807) is 84.9 Å². The van der Waals surface area contributed by atoms with Gasteiger partial charge in [-0.15, -0.1) is 234 Å². The van der Waals surface area contributed by atoms with Crippen LogP contribution in [0.2, 0.25) is 0 Å². The second-order valence-electron chi connectivity index (χ2n) is 34.2. The zero-order valence-corrected chi connectivity index (χ0v) is 89.0. The Kier molecular flexibility index (Phi) is 31.9. The third kappa shape index (κ3) is 28.4. The van der Waals surface area contributed by atoms with Gasteiger partial charge in [-0.3, -0.25) is 0 Å². The van der Waals surface area contributed by atoms with Crippen LogP contribution in [0.1, 0.15) is 111 Å². The summed E-state index contributed by atoms with van der Waals surface area (Å²) in [6.45, 7) is 6.70. The van der Waals surface area contributed by atoms with E-state index in [0.717, 1.165) is 162 Å². The number of rotatable bonds is 11. The number of aryl methyl sites for hydroxylation is 8. The van der Waals surface area contributed by atoms with Crippen molar-refractivity contribution in [1.29, 1.82) is 0 Å². The number of nitrogens with zero attached hydrogens (tertiary/aromatic N) is 8. The van der Waals surface area contributed by atoms with Gasteiger partial charge in [0.05, 0.1) is 16.7 Å². The number of furan rings is 3. The molecule has 11 nitrogen and oxygen atoms in total. The first-order chi connectivity index (χ1) is 73.7. The van der Waals surface area contributed by atoms with E-state index in [0.29, 0.717) is 11.6 Å². The van der Waals surface area contributed by atoms with Crippen LogP contribution in [0.25, 0.3) is 167 Å². The fourth-order valence-electron chi connectivity index (χ4n) is 15.4. The second kappa shape index (κ2) is 52.0. The summed E-state index contributed by atoms with van der Waals surface area (Å²) in [7, 11) is 0. The molecule has 11 aromatic heterocycles. The van der Waals surface area contributed by atoms with E-state index in [1.165, 1.54) is 64.4 Å². The van der Waals surface area contributed by atoms with Gasteiger partial charge in [0.25, 0.3) is 0 Å². The molecule has 0 saturated carbocycles. The summed E-state index contributed by atoms with van der Waals surface area (Å²) in [5.41, 5.74) is 28.4. The summed E-state index contributed by atoms with van der Waals surface area (Å²) in [4.78, 5) is 34.3. The summed E-state index contributed by atoms with van der Waals surface area (Å²) in [6, 6.07) is 133. The smallest absolute Gasteiger partial charge is 0.124 e. The minimum Gasteiger partial charge on any atom is -0.501 e. The number of pyridine rings is 8. The average molecular weight is 2590 g/mol. The zero-order chi connectivity index (χ0) is 109. The van der Waals surface area contributed by atoms with Crippen LogP contribution in [0.15, 0.2) is 403 Å². The van der Waals surface area contributed by atoms with E-state index in [2.05, 4.69) is 253 Å². The summed E-state index contributed by atoms with van der Waals surface area (Å²) in [6.07, 6.45) is 13.5. The molecular weight excluding hydrogens is 2470 g/mol. The number of fused-ring (bicyclic) bond motifs is 9. The predicted molar refractivity (Wildman–Crippen MR) is 570 cm³/mol. The van der Waals surface area contributed by atoms with Gasteiger partial charge in [-0.25, -0.2) is 0 Å². The van der Waals surface area contributed by atoms with E-state index >= 15 is 0 Å². The molecule has 0 spiro atoms. The minimum absolute atomic E-state index is 0. The van der Waals surface area contributed by atoms with E-state index in [9.17, 15) is 0 Å². The van der Waals surface area contributed by atoms with Gasteiger partial charge in [-0.05, 0) is 193 Å². The maximum atomic E-state index is 7.50.